The number of aromatic nitrogens is 2. The van der Waals surface area contributed by atoms with Crippen LogP contribution in [-0.4, -0.2) is 66.0 Å². The second-order valence-corrected chi connectivity index (χ2v) is 6.40. The zero-order valence-electron chi connectivity index (χ0n) is 15.4. The molecule has 0 spiro atoms. The van der Waals surface area contributed by atoms with Gasteiger partial charge in [0.25, 0.3) is 5.91 Å². The molecule has 1 aromatic carbocycles. The van der Waals surface area contributed by atoms with Crippen LogP contribution in [-0.2, 0) is 4.79 Å². The Bertz CT molecular complexity index is 775. The monoisotopic (exact) mass is 368 g/mol. The van der Waals surface area contributed by atoms with Crippen molar-refractivity contribution in [1.82, 2.24) is 20.2 Å². The minimum atomic E-state index is -0.160. The van der Waals surface area contributed by atoms with Gasteiger partial charge < -0.3 is 15.5 Å². The van der Waals surface area contributed by atoms with E-state index in [4.69, 9.17) is 0 Å². The second-order valence-electron chi connectivity index (χ2n) is 6.40. The van der Waals surface area contributed by atoms with Crippen LogP contribution in [0.1, 0.15) is 17.3 Å². The van der Waals surface area contributed by atoms with E-state index in [1.54, 1.807) is 36.7 Å². The number of anilines is 2. The molecule has 1 fully saturated rings. The second kappa shape index (κ2) is 9.09. The first-order chi connectivity index (χ1) is 13.1. The number of amides is 2. The molecule has 1 aromatic heterocycles. The van der Waals surface area contributed by atoms with Gasteiger partial charge in [0.2, 0.25) is 11.9 Å². The first-order valence-electron chi connectivity index (χ1n) is 9.02. The summed E-state index contributed by atoms with van der Waals surface area (Å²) in [5.41, 5.74) is 1.15. The predicted molar refractivity (Wildman–Crippen MR) is 104 cm³/mol. The van der Waals surface area contributed by atoms with Crippen LogP contribution in [0.5, 0.6) is 0 Å². The van der Waals surface area contributed by atoms with Crippen molar-refractivity contribution in [2.75, 3.05) is 49.5 Å². The minimum Gasteiger partial charge on any atom is -0.351 e. The molecule has 0 bridgehead atoms. The number of hydrogen-bond acceptors (Lipinski definition) is 6. The minimum absolute atomic E-state index is 0.140. The molecule has 2 heterocycles. The maximum absolute atomic E-state index is 12.3. The molecule has 0 radical (unpaired) electrons. The van der Waals surface area contributed by atoms with Crippen LogP contribution >= 0.6 is 0 Å². The van der Waals surface area contributed by atoms with Gasteiger partial charge in [-0.25, -0.2) is 9.97 Å². The largest absolute Gasteiger partial charge is 0.351 e. The Morgan fingerprint density at radius 1 is 1.07 bits per heavy atom. The Balaban J connectivity index is 1.41. The van der Waals surface area contributed by atoms with Crippen LogP contribution in [0.2, 0.25) is 0 Å². The van der Waals surface area contributed by atoms with Crippen LogP contribution < -0.4 is 15.5 Å². The molecule has 0 saturated carbocycles. The molecule has 0 atom stereocenters. The van der Waals surface area contributed by atoms with E-state index in [-0.39, 0.29) is 11.8 Å². The van der Waals surface area contributed by atoms with E-state index >= 15 is 0 Å². The van der Waals surface area contributed by atoms with Crippen molar-refractivity contribution in [3.05, 3.63) is 48.3 Å². The molecule has 142 valence electrons. The molecule has 27 heavy (non-hydrogen) atoms. The molecule has 2 N–H and O–H groups in total. The van der Waals surface area contributed by atoms with E-state index in [1.165, 1.54) is 6.92 Å². The Kier molecular flexibility index (Phi) is 6.32. The number of hydrogen-bond donors (Lipinski definition) is 2. The molecule has 0 aliphatic carbocycles. The van der Waals surface area contributed by atoms with Gasteiger partial charge in [0, 0.05) is 69.8 Å². The Morgan fingerprint density at radius 2 is 1.81 bits per heavy atom. The lowest BCUT2D eigenvalue weighted by molar-refractivity contribution is -0.114. The summed E-state index contributed by atoms with van der Waals surface area (Å²) in [5, 5.41) is 5.62. The van der Waals surface area contributed by atoms with Crippen LogP contribution in [0.3, 0.4) is 0 Å². The highest BCUT2D eigenvalue weighted by molar-refractivity contribution is 5.96. The normalized spacial score (nSPS) is 14.6. The molecule has 0 unspecified atom stereocenters. The third-order valence-corrected chi connectivity index (χ3v) is 4.37. The number of benzene rings is 1. The summed E-state index contributed by atoms with van der Waals surface area (Å²) in [6.45, 7) is 6.37. The fourth-order valence-electron chi connectivity index (χ4n) is 3.00. The fraction of sp³-hybridized carbons (Fsp3) is 0.368. The van der Waals surface area contributed by atoms with Crippen LogP contribution in [0.25, 0.3) is 0 Å². The van der Waals surface area contributed by atoms with Gasteiger partial charge in [0.1, 0.15) is 0 Å². The predicted octanol–water partition coefficient (Wildman–Crippen LogP) is 0.987. The number of rotatable bonds is 6. The number of nitrogens with one attached hydrogen (secondary N) is 2. The van der Waals surface area contributed by atoms with E-state index in [2.05, 4.69) is 30.4 Å². The molecule has 1 aliphatic heterocycles. The molecular weight excluding hydrogens is 344 g/mol. The summed E-state index contributed by atoms with van der Waals surface area (Å²) in [6.07, 6.45) is 3.51. The SMILES string of the molecule is CC(=O)Nc1cccc(C(=O)NCCN2CCN(c3ncccn3)CC2)c1. The van der Waals surface area contributed by atoms with Gasteiger partial charge in [-0.1, -0.05) is 6.07 Å². The smallest absolute Gasteiger partial charge is 0.251 e. The Morgan fingerprint density at radius 3 is 2.52 bits per heavy atom. The van der Waals surface area contributed by atoms with E-state index < -0.39 is 0 Å². The molecular formula is C19H24N6O2. The van der Waals surface area contributed by atoms with Gasteiger partial charge in [-0.15, -0.1) is 0 Å². The molecule has 1 aliphatic rings. The van der Waals surface area contributed by atoms with Gasteiger partial charge in [-0.3, -0.25) is 14.5 Å². The average molecular weight is 368 g/mol. The van der Waals surface area contributed by atoms with Gasteiger partial charge >= 0.3 is 0 Å². The Labute approximate surface area is 158 Å². The quantitative estimate of drug-likeness (QED) is 0.790. The van der Waals surface area contributed by atoms with Crippen LogP contribution in [0.4, 0.5) is 11.6 Å². The standard InChI is InChI=1S/C19H24N6O2/c1-15(26)23-17-5-2-4-16(14-17)18(27)20-8-9-24-10-12-25(13-11-24)19-21-6-3-7-22-19/h2-7,14H,8-13H2,1H3,(H,20,27)(H,23,26). The van der Waals surface area contributed by atoms with Crippen LogP contribution in [0.15, 0.2) is 42.7 Å². The third kappa shape index (κ3) is 5.49. The highest BCUT2D eigenvalue weighted by Gasteiger charge is 2.18. The number of nitrogens with zero attached hydrogens (tertiary/aromatic N) is 4. The Hall–Kier alpha value is -3.00. The summed E-state index contributed by atoms with van der Waals surface area (Å²) >= 11 is 0. The van der Waals surface area contributed by atoms with Gasteiger partial charge in [0.05, 0.1) is 0 Å². The molecule has 2 aromatic rings. The topological polar surface area (TPSA) is 90.5 Å². The fourth-order valence-corrected chi connectivity index (χ4v) is 3.00. The van der Waals surface area contributed by atoms with E-state index in [0.717, 1.165) is 38.7 Å². The summed E-state index contributed by atoms with van der Waals surface area (Å²) in [6, 6.07) is 8.74. The highest BCUT2D eigenvalue weighted by atomic mass is 16.2. The van der Waals surface area contributed by atoms with Crippen LogP contribution in [0, 0.1) is 0 Å². The van der Waals surface area contributed by atoms with Crippen molar-refractivity contribution in [3.63, 3.8) is 0 Å². The maximum Gasteiger partial charge on any atom is 0.251 e. The number of piperazine rings is 1. The van der Waals surface area contributed by atoms with Crippen molar-refractivity contribution in [2.24, 2.45) is 0 Å². The molecule has 1 saturated heterocycles. The van der Waals surface area contributed by atoms with E-state index in [9.17, 15) is 9.59 Å². The average Bonchev–Trinajstić information content (AvgIpc) is 2.69. The third-order valence-electron chi connectivity index (χ3n) is 4.37. The van der Waals surface area contributed by atoms with Gasteiger partial charge in [-0.2, -0.15) is 0 Å². The lowest BCUT2D eigenvalue weighted by Gasteiger charge is -2.34. The first-order valence-corrected chi connectivity index (χ1v) is 9.02. The summed E-state index contributed by atoms with van der Waals surface area (Å²) in [5.74, 6) is 0.468. The van der Waals surface area contributed by atoms with E-state index in [0.29, 0.717) is 17.8 Å². The number of carbonyl (C=O) groups is 2. The summed E-state index contributed by atoms with van der Waals surface area (Å²) < 4.78 is 0. The lowest BCUT2D eigenvalue weighted by Crippen LogP contribution is -2.49. The van der Waals surface area contributed by atoms with Crippen molar-refractivity contribution >= 4 is 23.5 Å². The zero-order chi connectivity index (χ0) is 19.1. The van der Waals surface area contributed by atoms with Crippen molar-refractivity contribution in [1.29, 1.82) is 0 Å². The maximum atomic E-state index is 12.3. The molecule has 2 amide bonds. The molecule has 3 rings (SSSR count). The van der Waals surface area contributed by atoms with Gasteiger partial charge in [0.15, 0.2) is 0 Å². The molecule has 8 heteroatoms. The summed E-state index contributed by atoms with van der Waals surface area (Å²) in [7, 11) is 0. The van der Waals surface area contributed by atoms with E-state index in [1.807, 2.05) is 6.07 Å². The lowest BCUT2D eigenvalue weighted by atomic mass is 10.2. The van der Waals surface area contributed by atoms with Crippen molar-refractivity contribution in [3.8, 4) is 0 Å². The van der Waals surface area contributed by atoms with Gasteiger partial charge in [-0.05, 0) is 24.3 Å². The molecule has 8 nitrogen and oxygen atoms in total. The first kappa shape index (κ1) is 18.8. The zero-order valence-corrected chi connectivity index (χ0v) is 15.4. The highest BCUT2D eigenvalue weighted by Crippen LogP contribution is 2.11. The van der Waals surface area contributed by atoms with Crippen molar-refractivity contribution < 1.29 is 9.59 Å². The van der Waals surface area contributed by atoms with Crippen molar-refractivity contribution in [2.45, 2.75) is 6.92 Å². The summed E-state index contributed by atoms with van der Waals surface area (Å²) in [4.78, 5) is 36.5. The number of carbonyl (C=O) groups excluding carboxylic acids is 2.